The van der Waals surface area contributed by atoms with E-state index in [-0.39, 0.29) is 17.1 Å². The Morgan fingerprint density at radius 2 is 2.00 bits per heavy atom. The smallest absolute Gasteiger partial charge is 0.395 e. The minimum atomic E-state index is -3.82. The zero-order chi connectivity index (χ0) is 15.0. The van der Waals surface area contributed by atoms with Gasteiger partial charge < -0.3 is 9.47 Å². The van der Waals surface area contributed by atoms with Crippen LogP contribution in [-0.4, -0.2) is 6.29 Å². The van der Waals surface area contributed by atoms with Crippen LogP contribution in [0, 0.1) is 11.3 Å². The fraction of sp³-hybridized carbons (Fsp3) is 0.364. The lowest BCUT2D eigenvalue weighted by atomic mass is 9.97. The molecule has 1 aromatic carbocycles. The van der Waals surface area contributed by atoms with Crippen molar-refractivity contribution < 1.29 is 23.7 Å². The van der Waals surface area contributed by atoms with E-state index in [1.54, 1.807) is 6.07 Å². The van der Waals surface area contributed by atoms with E-state index in [2.05, 4.69) is 9.47 Å². The molecule has 0 bridgehead atoms. The Bertz CT molecular complexity index is 642. The molecule has 0 saturated heterocycles. The van der Waals surface area contributed by atoms with E-state index in [0.717, 1.165) is 12.1 Å². The number of hydrogen-bond donors (Lipinski definition) is 0. The molecule has 1 aromatic rings. The third-order valence-electron chi connectivity index (χ3n) is 2.38. The van der Waals surface area contributed by atoms with Crippen molar-refractivity contribution in [2.75, 3.05) is 0 Å². The van der Waals surface area contributed by atoms with E-state index in [1.165, 1.54) is 6.07 Å². The van der Waals surface area contributed by atoms with E-state index < -0.39 is 24.5 Å². The van der Waals surface area contributed by atoms with Crippen molar-refractivity contribution in [2.45, 2.75) is 24.5 Å². The zero-order valence-corrected chi connectivity index (χ0v) is 7.75. The lowest BCUT2D eigenvalue weighted by Crippen LogP contribution is -2.25. The Kier molecular flexibility index (Phi) is 0.998. The van der Waals surface area contributed by atoms with Gasteiger partial charge in [0.25, 0.3) is 0 Å². The Morgan fingerprint density at radius 3 is 2.62 bits per heavy atom. The summed E-state index contributed by atoms with van der Waals surface area (Å²) >= 11 is 0. The number of halogens is 2. The van der Waals surface area contributed by atoms with Crippen LogP contribution in [0.4, 0.5) is 8.78 Å². The minimum Gasteiger partial charge on any atom is -0.395 e. The molecule has 3 rings (SSSR count). The van der Waals surface area contributed by atoms with Crippen LogP contribution in [0.25, 0.3) is 0 Å². The molecule has 1 aliphatic carbocycles. The Morgan fingerprint density at radius 1 is 1.31 bits per heavy atom. The molecule has 1 saturated carbocycles. The highest BCUT2D eigenvalue weighted by Gasteiger charge is 2.48. The number of fused-ring (bicyclic) bond motifs is 1. The predicted octanol–water partition coefficient (Wildman–Crippen LogP) is 2.56. The Labute approximate surface area is 95.8 Å². The molecule has 0 amide bonds. The molecule has 1 fully saturated rings. The van der Waals surface area contributed by atoms with Crippen molar-refractivity contribution in [1.29, 1.82) is 5.26 Å². The summed E-state index contributed by atoms with van der Waals surface area (Å²) in [6.07, 6.45) is -8.64. The molecular formula is C11H7F2NO2. The molecule has 0 N–H and O–H groups in total. The molecule has 2 aliphatic rings. The lowest BCUT2D eigenvalue weighted by Gasteiger charge is -2.06. The molecule has 0 spiro atoms. The van der Waals surface area contributed by atoms with Crippen LogP contribution in [0.1, 0.15) is 23.8 Å². The van der Waals surface area contributed by atoms with Gasteiger partial charge in [0.2, 0.25) is 0 Å². The molecule has 0 unspecified atom stereocenters. The first-order valence-corrected chi connectivity index (χ1v) is 4.41. The van der Waals surface area contributed by atoms with Gasteiger partial charge in [-0.25, -0.2) is 0 Å². The van der Waals surface area contributed by atoms with Gasteiger partial charge >= 0.3 is 6.29 Å². The molecule has 16 heavy (non-hydrogen) atoms. The van der Waals surface area contributed by atoms with Crippen LogP contribution in [-0.2, 0) is 5.41 Å². The molecule has 0 atom stereocenters. The lowest BCUT2D eigenvalue weighted by molar-refractivity contribution is -0.286. The van der Waals surface area contributed by atoms with Gasteiger partial charge in [0.15, 0.2) is 11.5 Å². The topological polar surface area (TPSA) is 42.2 Å². The summed E-state index contributed by atoms with van der Waals surface area (Å²) in [4.78, 5) is 0. The van der Waals surface area contributed by atoms with Gasteiger partial charge in [-0.15, -0.1) is 8.78 Å². The first-order chi connectivity index (χ1) is 9.09. The summed E-state index contributed by atoms with van der Waals surface area (Å²) in [5.41, 5.74) is -2.11. The highest BCUT2D eigenvalue weighted by molar-refractivity contribution is 5.50. The molecule has 0 radical (unpaired) electrons. The highest BCUT2D eigenvalue weighted by Crippen LogP contribution is 2.51. The summed E-state index contributed by atoms with van der Waals surface area (Å²) < 4.78 is 64.7. The fourth-order valence-corrected chi connectivity index (χ4v) is 1.51. The molecule has 1 aliphatic heterocycles. The molecule has 5 heteroatoms. The highest BCUT2D eigenvalue weighted by atomic mass is 19.3. The maximum absolute atomic E-state index is 12.9. The van der Waals surface area contributed by atoms with Gasteiger partial charge in [-0.05, 0) is 30.4 Å². The van der Waals surface area contributed by atoms with E-state index in [1.807, 2.05) is 0 Å². The Balaban J connectivity index is 2.09. The van der Waals surface area contributed by atoms with Gasteiger partial charge in [-0.2, -0.15) is 5.26 Å². The van der Waals surface area contributed by atoms with E-state index >= 15 is 0 Å². The first-order valence-electron chi connectivity index (χ1n) is 6.41. The standard InChI is InChI=1S/C11H7F2NO2/c12-11(13)15-8-2-1-7(5-9(8)16-11)10(6-14)3-4-10/h1-2,5H,3-4H2/i3D2,4D2. The predicted molar refractivity (Wildman–Crippen MR) is 49.2 cm³/mol. The maximum atomic E-state index is 12.9. The van der Waals surface area contributed by atoms with Crippen LogP contribution in [0.2, 0.25) is 0 Å². The van der Waals surface area contributed by atoms with Crippen molar-refractivity contribution in [3.05, 3.63) is 23.8 Å². The number of nitrogens with zero attached hydrogens (tertiary/aromatic N) is 1. The number of ether oxygens (including phenoxy) is 2. The van der Waals surface area contributed by atoms with E-state index in [0.29, 0.717) is 0 Å². The molecular weight excluding hydrogens is 216 g/mol. The van der Waals surface area contributed by atoms with E-state index in [4.69, 9.17) is 5.48 Å². The number of benzene rings is 1. The van der Waals surface area contributed by atoms with Crippen LogP contribution in [0.15, 0.2) is 18.2 Å². The molecule has 3 nitrogen and oxygen atoms in total. The molecule has 0 aromatic heterocycles. The normalized spacial score (nSPS) is 32.6. The zero-order valence-electron chi connectivity index (χ0n) is 11.8. The van der Waals surface area contributed by atoms with Crippen molar-refractivity contribution in [1.82, 2.24) is 0 Å². The van der Waals surface area contributed by atoms with Crippen LogP contribution in [0.3, 0.4) is 0 Å². The first kappa shape index (κ1) is 6.04. The van der Waals surface area contributed by atoms with Crippen molar-refractivity contribution >= 4 is 0 Å². The van der Waals surface area contributed by atoms with Gasteiger partial charge in [0.1, 0.15) is 0 Å². The largest absolute Gasteiger partial charge is 0.586 e. The monoisotopic (exact) mass is 227 g/mol. The van der Waals surface area contributed by atoms with Gasteiger partial charge in [-0.1, -0.05) is 6.07 Å². The molecule has 82 valence electrons. The number of alkyl halides is 2. The quantitative estimate of drug-likeness (QED) is 0.740. The summed E-state index contributed by atoms with van der Waals surface area (Å²) in [5, 5.41) is 9.18. The average molecular weight is 227 g/mol. The SMILES string of the molecule is [2H]C1([2H])C([2H])([2H])C1(C#N)c1ccc2c(c1)OC(F)(F)O2. The number of hydrogen-bond acceptors (Lipinski definition) is 3. The Hall–Kier alpha value is -1.83. The van der Waals surface area contributed by atoms with E-state index in [9.17, 15) is 14.0 Å². The van der Waals surface area contributed by atoms with Gasteiger partial charge in [-0.3, -0.25) is 0 Å². The van der Waals surface area contributed by atoms with Crippen molar-refractivity contribution in [3.8, 4) is 17.6 Å². The van der Waals surface area contributed by atoms with Gasteiger partial charge in [0, 0.05) is 5.48 Å². The summed E-state index contributed by atoms with van der Waals surface area (Å²) in [6, 6.07) is 4.94. The van der Waals surface area contributed by atoms with Crippen molar-refractivity contribution in [2.24, 2.45) is 0 Å². The summed E-state index contributed by atoms with van der Waals surface area (Å²) in [7, 11) is 0. The average Bonchev–Trinajstić information content (AvgIpc) is 2.56. The van der Waals surface area contributed by atoms with Gasteiger partial charge in [0.05, 0.1) is 11.5 Å². The van der Waals surface area contributed by atoms with Crippen LogP contribution < -0.4 is 9.47 Å². The summed E-state index contributed by atoms with van der Waals surface area (Å²) in [5.74, 6) is -0.589. The second kappa shape index (κ2) is 2.64. The third kappa shape index (κ3) is 1.23. The molecule has 1 heterocycles. The third-order valence-corrected chi connectivity index (χ3v) is 2.38. The second-order valence-electron chi connectivity index (χ2n) is 3.44. The fourth-order valence-electron chi connectivity index (χ4n) is 1.51. The summed E-state index contributed by atoms with van der Waals surface area (Å²) in [6.45, 7) is 0. The maximum Gasteiger partial charge on any atom is 0.586 e. The van der Waals surface area contributed by atoms with Crippen molar-refractivity contribution in [3.63, 3.8) is 0 Å². The number of nitriles is 1. The van der Waals surface area contributed by atoms with Crippen LogP contribution in [0.5, 0.6) is 11.5 Å². The van der Waals surface area contributed by atoms with Crippen LogP contribution >= 0.6 is 0 Å². The second-order valence-corrected chi connectivity index (χ2v) is 3.44. The minimum absolute atomic E-state index is 0.0601. The number of rotatable bonds is 1.